The van der Waals surface area contributed by atoms with Crippen molar-refractivity contribution in [1.82, 2.24) is 14.3 Å². The van der Waals surface area contributed by atoms with Crippen LogP contribution in [0.15, 0.2) is 76.6 Å². The number of amides is 1. The predicted molar refractivity (Wildman–Crippen MR) is 135 cm³/mol. The van der Waals surface area contributed by atoms with Gasteiger partial charge in [0.15, 0.2) is 0 Å². The first-order chi connectivity index (χ1) is 15.7. The molecule has 1 heterocycles. The van der Waals surface area contributed by atoms with Crippen molar-refractivity contribution >= 4 is 60.6 Å². The van der Waals surface area contributed by atoms with Gasteiger partial charge in [-0.3, -0.25) is 4.79 Å². The Morgan fingerprint density at radius 1 is 1.12 bits per heavy atom. The van der Waals surface area contributed by atoms with Gasteiger partial charge in [-0.25, -0.2) is 18.1 Å². The SMILES string of the molecule is Cc1nc2ccc(C(=O)NS(=O)(=O)C=Cc3ccccc3)cc2n1Cc1ccc(Br)cc1Cl. The molecule has 9 heteroatoms. The van der Waals surface area contributed by atoms with Gasteiger partial charge in [-0.1, -0.05) is 63.9 Å². The number of halogens is 2. The summed E-state index contributed by atoms with van der Waals surface area (Å²) in [6, 6.07) is 19.5. The van der Waals surface area contributed by atoms with Gasteiger partial charge >= 0.3 is 0 Å². The number of hydrogen-bond donors (Lipinski definition) is 1. The maximum Gasteiger partial charge on any atom is 0.265 e. The molecule has 1 amide bonds. The van der Waals surface area contributed by atoms with E-state index in [1.54, 1.807) is 42.5 Å². The van der Waals surface area contributed by atoms with Gasteiger partial charge < -0.3 is 4.57 Å². The van der Waals surface area contributed by atoms with Gasteiger partial charge in [0.25, 0.3) is 15.9 Å². The molecule has 0 radical (unpaired) electrons. The Bertz CT molecular complexity index is 1480. The second kappa shape index (κ2) is 9.51. The lowest BCUT2D eigenvalue weighted by atomic mass is 10.2. The third kappa shape index (κ3) is 5.52. The maximum atomic E-state index is 12.7. The van der Waals surface area contributed by atoms with Crippen LogP contribution in [0.2, 0.25) is 5.02 Å². The zero-order chi connectivity index (χ0) is 23.6. The molecule has 0 aliphatic carbocycles. The first-order valence-electron chi connectivity index (χ1n) is 9.93. The average molecular weight is 545 g/mol. The summed E-state index contributed by atoms with van der Waals surface area (Å²) in [7, 11) is -3.97. The molecule has 3 aromatic carbocycles. The fraction of sp³-hybridized carbons (Fsp3) is 0.0833. The summed E-state index contributed by atoms with van der Waals surface area (Å²) in [6.45, 7) is 2.32. The minimum Gasteiger partial charge on any atom is -0.324 e. The fourth-order valence-corrected chi connectivity index (χ4v) is 4.87. The Balaban J connectivity index is 1.60. The van der Waals surface area contributed by atoms with Gasteiger partial charge in [-0.05, 0) is 54.5 Å². The Morgan fingerprint density at radius 2 is 1.88 bits per heavy atom. The summed E-state index contributed by atoms with van der Waals surface area (Å²) in [6.07, 6.45) is 1.43. The predicted octanol–water partition coefficient (Wildman–Crippen LogP) is 5.54. The quantitative estimate of drug-likeness (QED) is 0.346. The number of imidazole rings is 1. The number of carbonyl (C=O) groups excluding carboxylic acids is 1. The Hall–Kier alpha value is -2.94. The number of sulfonamides is 1. The first-order valence-corrected chi connectivity index (χ1v) is 12.6. The van der Waals surface area contributed by atoms with Crippen LogP contribution in [0.3, 0.4) is 0 Å². The van der Waals surface area contributed by atoms with Gasteiger partial charge in [-0.2, -0.15) is 0 Å². The number of rotatable bonds is 6. The summed E-state index contributed by atoms with van der Waals surface area (Å²) in [5.74, 6) is 0.0293. The molecule has 0 fully saturated rings. The summed E-state index contributed by atoms with van der Waals surface area (Å²) < 4.78 is 29.7. The third-order valence-electron chi connectivity index (χ3n) is 5.02. The van der Waals surface area contributed by atoms with E-state index in [0.29, 0.717) is 28.2 Å². The summed E-state index contributed by atoms with van der Waals surface area (Å²) in [5, 5.41) is 1.58. The van der Waals surface area contributed by atoms with E-state index in [4.69, 9.17) is 11.6 Å². The lowest BCUT2D eigenvalue weighted by Crippen LogP contribution is -2.28. The van der Waals surface area contributed by atoms with Crippen molar-refractivity contribution in [3.8, 4) is 0 Å². The molecule has 33 heavy (non-hydrogen) atoms. The van der Waals surface area contributed by atoms with Crippen LogP contribution < -0.4 is 4.72 Å². The maximum absolute atomic E-state index is 12.7. The summed E-state index contributed by atoms with van der Waals surface area (Å²) in [5.41, 5.74) is 3.22. The van der Waals surface area contributed by atoms with Crippen LogP contribution in [0.25, 0.3) is 17.1 Å². The van der Waals surface area contributed by atoms with E-state index in [0.717, 1.165) is 21.3 Å². The molecule has 0 saturated carbocycles. The molecular formula is C24H19BrClN3O3S. The second-order valence-corrected chi connectivity index (χ2v) is 10.3. The molecule has 0 aliphatic rings. The van der Waals surface area contributed by atoms with Crippen molar-refractivity contribution in [1.29, 1.82) is 0 Å². The molecule has 1 aromatic heterocycles. The molecule has 0 spiro atoms. The van der Waals surface area contributed by atoms with Gasteiger partial charge in [0, 0.05) is 15.1 Å². The number of nitrogens with zero attached hydrogens (tertiary/aromatic N) is 2. The van der Waals surface area contributed by atoms with Crippen LogP contribution in [0, 0.1) is 6.92 Å². The number of benzene rings is 3. The molecule has 0 unspecified atom stereocenters. The van der Waals surface area contributed by atoms with E-state index >= 15 is 0 Å². The number of fused-ring (bicyclic) bond motifs is 1. The Kier molecular flexibility index (Phi) is 6.69. The topological polar surface area (TPSA) is 81.1 Å². The minimum atomic E-state index is -3.97. The molecule has 0 atom stereocenters. The fourth-order valence-electron chi connectivity index (χ4n) is 3.36. The lowest BCUT2D eigenvalue weighted by molar-refractivity contribution is 0.0982. The van der Waals surface area contributed by atoms with Crippen LogP contribution >= 0.6 is 27.5 Å². The number of carbonyl (C=O) groups is 1. The molecular weight excluding hydrogens is 526 g/mol. The average Bonchev–Trinajstić information content (AvgIpc) is 3.09. The highest BCUT2D eigenvalue weighted by atomic mass is 79.9. The van der Waals surface area contributed by atoms with E-state index in [1.165, 1.54) is 6.08 Å². The van der Waals surface area contributed by atoms with Crippen LogP contribution in [0.4, 0.5) is 0 Å². The largest absolute Gasteiger partial charge is 0.324 e. The van der Waals surface area contributed by atoms with E-state index in [9.17, 15) is 13.2 Å². The summed E-state index contributed by atoms with van der Waals surface area (Å²) >= 11 is 9.78. The van der Waals surface area contributed by atoms with E-state index in [-0.39, 0.29) is 5.56 Å². The van der Waals surface area contributed by atoms with Crippen molar-refractivity contribution < 1.29 is 13.2 Å². The van der Waals surface area contributed by atoms with Gasteiger partial charge in [0.2, 0.25) is 0 Å². The zero-order valence-electron chi connectivity index (χ0n) is 17.5. The number of nitrogens with one attached hydrogen (secondary N) is 1. The minimum absolute atomic E-state index is 0.210. The lowest BCUT2D eigenvalue weighted by Gasteiger charge is -2.10. The smallest absolute Gasteiger partial charge is 0.265 e. The van der Waals surface area contributed by atoms with Gasteiger partial charge in [0.1, 0.15) is 5.82 Å². The first kappa shape index (κ1) is 23.2. The normalized spacial score (nSPS) is 11.8. The van der Waals surface area contributed by atoms with Crippen LogP contribution in [-0.2, 0) is 16.6 Å². The van der Waals surface area contributed by atoms with E-state index in [1.807, 2.05) is 35.8 Å². The van der Waals surface area contributed by atoms with Gasteiger partial charge in [-0.15, -0.1) is 0 Å². The van der Waals surface area contributed by atoms with E-state index in [2.05, 4.69) is 25.6 Å². The van der Waals surface area contributed by atoms with Crippen molar-refractivity contribution in [3.05, 3.63) is 104 Å². The Labute approximate surface area is 205 Å². The molecule has 1 N–H and O–H groups in total. The highest BCUT2D eigenvalue weighted by Gasteiger charge is 2.16. The number of aryl methyl sites for hydroxylation is 1. The molecule has 4 rings (SSSR count). The van der Waals surface area contributed by atoms with Crippen molar-refractivity contribution in [3.63, 3.8) is 0 Å². The number of aromatic nitrogens is 2. The molecule has 0 saturated heterocycles. The van der Waals surface area contributed by atoms with Crippen molar-refractivity contribution in [2.24, 2.45) is 0 Å². The number of hydrogen-bond acceptors (Lipinski definition) is 4. The second-order valence-electron chi connectivity index (χ2n) is 7.37. The van der Waals surface area contributed by atoms with Crippen molar-refractivity contribution in [2.45, 2.75) is 13.5 Å². The molecule has 168 valence electrons. The van der Waals surface area contributed by atoms with Crippen molar-refractivity contribution in [2.75, 3.05) is 0 Å². The highest BCUT2D eigenvalue weighted by molar-refractivity contribution is 9.10. The van der Waals surface area contributed by atoms with Crippen LogP contribution in [0.1, 0.15) is 27.3 Å². The Morgan fingerprint density at radius 3 is 2.61 bits per heavy atom. The molecule has 6 nitrogen and oxygen atoms in total. The zero-order valence-corrected chi connectivity index (χ0v) is 20.7. The monoisotopic (exact) mass is 543 g/mol. The van der Waals surface area contributed by atoms with Crippen LogP contribution in [-0.4, -0.2) is 23.9 Å². The highest BCUT2D eigenvalue weighted by Crippen LogP contribution is 2.25. The standard InChI is InChI=1S/C24H19BrClN3O3S/c1-16-27-22-10-8-18(13-23(22)29(16)15-19-7-9-20(25)14-21(19)26)24(30)28-33(31,32)12-11-17-5-3-2-4-6-17/h2-14H,15H2,1H3,(H,28,30). The van der Waals surface area contributed by atoms with E-state index < -0.39 is 15.9 Å². The molecule has 4 aromatic rings. The molecule has 0 bridgehead atoms. The summed E-state index contributed by atoms with van der Waals surface area (Å²) in [4.78, 5) is 17.2. The van der Waals surface area contributed by atoms with Crippen LogP contribution in [0.5, 0.6) is 0 Å². The molecule has 0 aliphatic heterocycles. The van der Waals surface area contributed by atoms with Gasteiger partial charge in [0.05, 0.1) is 23.0 Å². The third-order valence-corrected chi connectivity index (χ3v) is 6.83.